The first-order valence-electron chi connectivity index (χ1n) is 6.47. The number of rotatable bonds is 3. The summed E-state index contributed by atoms with van der Waals surface area (Å²) in [7, 11) is 0. The summed E-state index contributed by atoms with van der Waals surface area (Å²) in [6.45, 7) is 3.98. The predicted molar refractivity (Wildman–Crippen MR) is 76.4 cm³/mol. The van der Waals surface area contributed by atoms with Crippen molar-refractivity contribution in [3.63, 3.8) is 0 Å². The third kappa shape index (κ3) is 2.83. The smallest absolute Gasteiger partial charge is 0.289 e. The van der Waals surface area contributed by atoms with Gasteiger partial charge in [0, 0.05) is 43.8 Å². The van der Waals surface area contributed by atoms with E-state index in [2.05, 4.69) is 9.88 Å². The zero-order valence-electron chi connectivity index (χ0n) is 11.0. The van der Waals surface area contributed by atoms with E-state index in [1.165, 1.54) is 17.6 Å². The molecule has 6 nitrogen and oxygen atoms in total. The number of piperazine rings is 1. The molecule has 106 valence electrons. The van der Waals surface area contributed by atoms with Crippen molar-refractivity contribution in [2.24, 2.45) is 0 Å². The molecule has 0 unspecified atom stereocenters. The van der Waals surface area contributed by atoms with Crippen molar-refractivity contribution in [3.05, 3.63) is 35.2 Å². The van der Waals surface area contributed by atoms with Crippen LogP contribution >= 0.6 is 11.3 Å². The molecule has 1 amide bonds. The molecule has 0 aliphatic carbocycles. The van der Waals surface area contributed by atoms with Gasteiger partial charge in [-0.25, -0.2) is 4.98 Å². The third-order valence-corrected chi connectivity index (χ3v) is 4.15. The van der Waals surface area contributed by atoms with Crippen molar-refractivity contribution >= 4 is 22.4 Å². The quantitative estimate of drug-likeness (QED) is 0.922. The highest BCUT2D eigenvalue weighted by Gasteiger charge is 2.23. The van der Waals surface area contributed by atoms with Crippen LogP contribution in [0.15, 0.2) is 29.0 Å². The number of anilines is 1. The normalized spacial score (nSPS) is 16.5. The van der Waals surface area contributed by atoms with E-state index in [4.69, 9.17) is 10.2 Å². The summed E-state index contributed by atoms with van der Waals surface area (Å²) >= 11 is 1.52. The second kappa shape index (κ2) is 5.64. The molecule has 0 aromatic carbocycles. The molecular formula is C13H16N4O2S. The molecule has 0 radical (unpaired) electrons. The number of aromatic nitrogens is 1. The SMILES string of the molecule is Nc1ncc(CN2CCN(C(=O)c3ccco3)CC2)s1. The van der Waals surface area contributed by atoms with Crippen molar-refractivity contribution in [2.45, 2.75) is 6.54 Å². The van der Waals surface area contributed by atoms with Crippen LogP contribution < -0.4 is 5.73 Å². The number of nitrogen functional groups attached to an aromatic ring is 1. The number of furan rings is 1. The van der Waals surface area contributed by atoms with Gasteiger partial charge in [0.25, 0.3) is 5.91 Å². The summed E-state index contributed by atoms with van der Waals surface area (Å²) in [5.74, 6) is 0.380. The minimum Gasteiger partial charge on any atom is -0.459 e. The fourth-order valence-corrected chi connectivity index (χ4v) is 3.01. The van der Waals surface area contributed by atoms with E-state index >= 15 is 0 Å². The van der Waals surface area contributed by atoms with Gasteiger partial charge in [0.2, 0.25) is 0 Å². The molecular weight excluding hydrogens is 276 g/mol. The van der Waals surface area contributed by atoms with Gasteiger partial charge in [-0.15, -0.1) is 11.3 Å². The lowest BCUT2D eigenvalue weighted by Crippen LogP contribution is -2.48. The molecule has 7 heteroatoms. The number of hydrogen-bond acceptors (Lipinski definition) is 6. The number of carbonyl (C=O) groups excluding carboxylic acids is 1. The van der Waals surface area contributed by atoms with E-state index in [1.807, 2.05) is 11.1 Å². The molecule has 1 saturated heterocycles. The van der Waals surface area contributed by atoms with Gasteiger partial charge in [0.05, 0.1) is 6.26 Å². The standard InChI is InChI=1S/C13H16N4O2S/c14-13-15-8-10(20-13)9-16-3-5-17(6-4-16)12(18)11-2-1-7-19-11/h1-2,7-8H,3-6,9H2,(H2,14,15). The van der Waals surface area contributed by atoms with E-state index in [-0.39, 0.29) is 5.91 Å². The molecule has 3 rings (SSSR count). The minimum absolute atomic E-state index is 0.0308. The van der Waals surface area contributed by atoms with Gasteiger partial charge in [-0.2, -0.15) is 0 Å². The highest BCUT2D eigenvalue weighted by Crippen LogP contribution is 2.18. The van der Waals surface area contributed by atoms with Gasteiger partial charge in [-0.1, -0.05) is 0 Å². The molecule has 0 saturated carbocycles. The number of thiazole rings is 1. The first-order valence-corrected chi connectivity index (χ1v) is 7.29. The Bertz CT molecular complexity index is 573. The molecule has 0 bridgehead atoms. The maximum atomic E-state index is 12.1. The summed E-state index contributed by atoms with van der Waals surface area (Å²) in [6, 6.07) is 3.44. The summed E-state index contributed by atoms with van der Waals surface area (Å²) in [5, 5.41) is 0.603. The van der Waals surface area contributed by atoms with Gasteiger partial charge in [-0.05, 0) is 12.1 Å². The maximum absolute atomic E-state index is 12.1. The lowest BCUT2D eigenvalue weighted by Gasteiger charge is -2.33. The van der Waals surface area contributed by atoms with Crippen LogP contribution in [0.2, 0.25) is 0 Å². The summed E-state index contributed by atoms with van der Waals surface area (Å²) in [5.41, 5.74) is 5.63. The molecule has 3 heterocycles. The van der Waals surface area contributed by atoms with Crippen LogP contribution in [0.25, 0.3) is 0 Å². The van der Waals surface area contributed by atoms with Crippen LogP contribution in [0.5, 0.6) is 0 Å². The van der Waals surface area contributed by atoms with Crippen LogP contribution in [0, 0.1) is 0 Å². The Balaban J connectivity index is 1.53. The Kier molecular flexibility index (Phi) is 3.70. The van der Waals surface area contributed by atoms with Crippen molar-refractivity contribution in [1.82, 2.24) is 14.8 Å². The number of nitrogens with zero attached hydrogens (tertiary/aromatic N) is 3. The zero-order valence-corrected chi connectivity index (χ0v) is 11.8. The van der Waals surface area contributed by atoms with E-state index in [0.29, 0.717) is 24.0 Å². The van der Waals surface area contributed by atoms with Crippen LogP contribution in [0.3, 0.4) is 0 Å². The van der Waals surface area contributed by atoms with E-state index < -0.39 is 0 Å². The Morgan fingerprint density at radius 3 is 2.80 bits per heavy atom. The summed E-state index contributed by atoms with van der Waals surface area (Å²) in [6.07, 6.45) is 3.35. The average molecular weight is 292 g/mol. The van der Waals surface area contributed by atoms with E-state index in [9.17, 15) is 4.79 Å². The highest BCUT2D eigenvalue weighted by atomic mass is 32.1. The van der Waals surface area contributed by atoms with Crippen molar-refractivity contribution in [1.29, 1.82) is 0 Å². The van der Waals surface area contributed by atoms with Crippen molar-refractivity contribution in [3.8, 4) is 0 Å². The largest absolute Gasteiger partial charge is 0.459 e. The molecule has 2 aromatic rings. The predicted octanol–water partition coefficient (Wildman–Crippen LogP) is 1.28. The molecule has 0 atom stereocenters. The fraction of sp³-hybridized carbons (Fsp3) is 0.385. The van der Waals surface area contributed by atoms with E-state index in [1.54, 1.807) is 12.1 Å². The van der Waals surface area contributed by atoms with Gasteiger partial charge in [-0.3, -0.25) is 9.69 Å². The lowest BCUT2D eigenvalue weighted by molar-refractivity contribution is 0.0599. The highest BCUT2D eigenvalue weighted by molar-refractivity contribution is 7.15. The van der Waals surface area contributed by atoms with Gasteiger partial charge < -0.3 is 15.1 Å². The Morgan fingerprint density at radius 2 is 2.20 bits per heavy atom. The Labute approximate surface area is 120 Å². The lowest BCUT2D eigenvalue weighted by atomic mass is 10.3. The molecule has 1 fully saturated rings. The Hall–Kier alpha value is -1.86. The van der Waals surface area contributed by atoms with Crippen LogP contribution in [0.4, 0.5) is 5.13 Å². The monoisotopic (exact) mass is 292 g/mol. The van der Waals surface area contributed by atoms with Gasteiger partial charge in [0.15, 0.2) is 10.9 Å². The van der Waals surface area contributed by atoms with Gasteiger partial charge >= 0.3 is 0 Å². The van der Waals surface area contributed by atoms with Crippen LogP contribution in [-0.2, 0) is 6.54 Å². The third-order valence-electron chi connectivity index (χ3n) is 3.34. The Morgan fingerprint density at radius 1 is 1.40 bits per heavy atom. The fourth-order valence-electron chi connectivity index (χ4n) is 2.28. The first kappa shape index (κ1) is 13.1. The first-order chi connectivity index (χ1) is 9.72. The summed E-state index contributed by atoms with van der Waals surface area (Å²) in [4.78, 5) is 21.5. The van der Waals surface area contributed by atoms with E-state index in [0.717, 1.165) is 24.5 Å². The number of amides is 1. The molecule has 2 aromatic heterocycles. The van der Waals surface area contributed by atoms with Crippen molar-refractivity contribution < 1.29 is 9.21 Å². The number of nitrogens with two attached hydrogens (primary N) is 1. The summed E-state index contributed by atoms with van der Waals surface area (Å²) < 4.78 is 5.15. The second-order valence-electron chi connectivity index (χ2n) is 4.71. The van der Waals surface area contributed by atoms with Crippen molar-refractivity contribution in [2.75, 3.05) is 31.9 Å². The number of carbonyl (C=O) groups is 1. The topological polar surface area (TPSA) is 75.6 Å². The number of hydrogen-bond donors (Lipinski definition) is 1. The zero-order chi connectivity index (χ0) is 13.9. The maximum Gasteiger partial charge on any atom is 0.289 e. The van der Waals surface area contributed by atoms with Crippen LogP contribution in [-0.4, -0.2) is 46.9 Å². The molecule has 20 heavy (non-hydrogen) atoms. The minimum atomic E-state index is -0.0308. The molecule has 0 spiro atoms. The van der Waals surface area contributed by atoms with Gasteiger partial charge in [0.1, 0.15) is 0 Å². The molecule has 1 aliphatic heterocycles. The molecule has 2 N–H and O–H groups in total. The average Bonchev–Trinajstić information content (AvgIpc) is 3.11. The second-order valence-corrected chi connectivity index (χ2v) is 5.86. The molecule has 1 aliphatic rings. The van der Waals surface area contributed by atoms with Crippen LogP contribution in [0.1, 0.15) is 15.4 Å².